The normalized spacial score (nSPS) is 10.8. The average Bonchev–Trinajstić information content (AvgIpc) is 3.13. The molecule has 6 nitrogen and oxygen atoms in total. The molecule has 1 amide bonds. The van der Waals surface area contributed by atoms with Crippen LogP contribution in [0.15, 0.2) is 60.7 Å². The molecule has 0 fully saturated rings. The highest BCUT2D eigenvalue weighted by atomic mass is 32.1. The minimum Gasteiger partial charge on any atom is -0.332 e. The van der Waals surface area contributed by atoms with Crippen LogP contribution >= 0.6 is 12.2 Å². The fraction of sp³-hybridized carbons (Fsp3) is 0.130. The Balaban J connectivity index is 1.52. The summed E-state index contributed by atoms with van der Waals surface area (Å²) in [6, 6.07) is 19.1. The summed E-state index contributed by atoms with van der Waals surface area (Å²) in [7, 11) is 0. The molecule has 0 atom stereocenters. The van der Waals surface area contributed by atoms with Crippen molar-refractivity contribution >= 4 is 40.0 Å². The van der Waals surface area contributed by atoms with E-state index in [0.717, 1.165) is 39.1 Å². The highest BCUT2D eigenvalue weighted by Crippen LogP contribution is 2.22. The molecule has 0 aliphatic heterocycles. The molecule has 0 bridgehead atoms. The van der Waals surface area contributed by atoms with Gasteiger partial charge in [-0.1, -0.05) is 24.3 Å². The Bertz CT molecular complexity index is 1260. The van der Waals surface area contributed by atoms with Crippen molar-refractivity contribution in [3.8, 4) is 5.69 Å². The third-order valence-corrected chi connectivity index (χ3v) is 5.16. The average molecular weight is 416 g/mol. The molecule has 1 heterocycles. The molecule has 3 aromatic carbocycles. The number of benzene rings is 3. The third-order valence-electron chi connectivity index (χ3n) is 4.96. The van der Waals surface area contributed by atoms with Crippen LogP contribution in [0.25, 0.3) is 16.7 Å². The number of aromatic nitrogens is 3. The van der Waals surface area contributed by atoms with Crippen molar-refractivity contribution < 1.29 is 4.79 Å². The van der Waals surface area contributed by atoms with E-state index >= 15 is 0 Å². The first-order valence-corrected chi connectivity index (χ1v) is 9.94. The van der Waals surface area contributed by atoms with Gasteiger partial charge in [-0.2, -0.15) is 4.80 Å². The Kier molecular flexibility index (Phi) is 5.29. The predicted molar refractivity (Wildman–Crippen MR) is 123 cm³/mol. The first-order chi connectivity index (χ1) is 14.4. The number of rotatable bonds is 3. The summed E-state index contributed by atoms with van der Waals surface area (Å²) in [5.74, 6) is -0.246. The van der Waals surface area contributed by atoms with Crippen LogP contribution in [0.3, 0.4) is 0 Å². The molecule has 2 N–H and O–H groups in total. The molecule has 1 aromatic heterocycles. The van der Waals surface area contributed by atoms with Gasteiger partial charge in [0.15, 0.2) is 5.11 Å². The second-order valence-electron chi connectivity index (χ2n) is 7.19. The quantitative estimate of drug-likeness (QED) is 0.483. The minimum atomic E-state index is -0.246. The van der Waals surface area contributed by atoms with Gasteiger partial charge >= 0.3 is 0 Å². The summed E-state index contributed by atoms with van der Waals surface area (Å²) in [6.07, 6.45) is 0. The van der Waals surface area contributed by atoms with E-state index in [9.17, 15) is 4.79 Å². The van der Waals surface area contributed by atoms with Crippen molar-refractivity contribution in [3.05, 3.63) is 82.9 Å². The zero-order valence-electron chi connectivity index (χ0n) is 16.9. The molecule has 30 heavy (non-hydrogen) atoms. The second-order valence-corrected chi connectivity index (χ2v) is 7.60. The highest BCUT2D eigenvalue weighted by Gasteiger charge is 2.12. The molecule has 4 rings (SSSR count). The van der Waals surface area contributed by atoms with Crippen LogP contribution in [0.1, 0.15) is 27.0 Å². The van der Waals surface area contributed by atoms with Crippen molar-refractivity contribution in [2.24, 2.45) is 0 Å². The van der Waals surface area contributed by atoms with E-state index < -0.39 is 0 Å². The molecule has 0 saturated heterocycles. The summed E-state index contributed by atoms with van der Waals surface area (Å²) in [5, 5.41) is 15.2. The molecule has 0 aliphatic carbocycles. The summed E-state index contributed by atoms with van der Waals surface area (Å²) in [6.45, 7) is 5.94. The summed E-state index contributed by atoms with van der Waals surface area (Å²) < 4.78 is 0. The van der Waals surface area contributed by atoms with Crippen molar-refractivity contribution in [2.45, 2.75) is 20.8 Å². The summed E-state index contributed by atoms with van der Waals surface area (Å²) in [5.41, 5.74) is 6.89. The number of aryl methyl sites for hydroxylation is 3. The van der Waals surface area contributed by atoms with E-state index in [1.807, 2.05) is 75.4 Å². The van der Waals surface area contributed by atoms with E-state index in [1.54, 1.807) is 10.9 Å². The first kappa shape index (κ1) is 19.7. The molecular weight excluding hydrogens is 394 g/mol. The smallest absolute Gasteiger partial charge is 0.257 e. The Morgan fingerprint density at radius 3 is 2.27 bits per heavy atom. The molecule has 150 valence electrons. The fourth-order valence-corrected chi connectivity index (χ4v) is 3.29. The Morgan fingerprint density at radius 1 is 0.867 bits per heavy atom. The van der Waals surface area contributed by atoms with E-state index in [0.29, 0.717) is 5.56 Å². The topological polar surface area (TPSA) is 71.8 Å². The van der Waals surface area contributed by atoms with Gasteiger partial charge in [0, 0.05) is 11.3 Å². The standard InChI is InChI=1S/C23H21N5OS/c1-14-9-10-17(11-15(14)2)22(29)25-23(30)24-19-13-21-20(12-16(19)3)26-28(27-21)18-7-5-4-6-8-18/h4-13H,1-3H3,(H2,24,25,29,30). The van der Waals surface area contributed by atoms with Gasteiger partial charge in [0.25, 0.3) is 5.91 Å². The van der Waals surface area contributed by atoms with E-state index in [1.165, 1.54) is 0 Å². The van der Waals surface area contributed by atoms with Crippen LogP contribution in [-0.4, -0.2) is 26.0 Å². The predicted octanol–water partition coefficient (Wildman–Crippen LogP) is 4.47. The first-order valence-electron chi connectivity index (χ1n) is 9.53. The van der Waals surface area contributed by atoms with E-state index in [2.05, 4.69) is 20.8 Å². The number of hydrogen-bond acceptors (Lipinski definition) is 4. The van der Waals surface area contributed by atoms with Crippen molar-refractivity contribution in [2.75, 3.05) is 5.32 Å². The number of amides is 1. The lowest BCUT2D eigenvalue weighted by atomic mass is 10.1. The Morgan fingerprint density at radius 2 is 1.57 bits per heavy atom. The van der Waals surface area contributed by atoms with Gasteiger partial charge in [-0.05, 0) is 86.1 Å². The zero-order chi connectivity index (χ0) is 21.3. The number of fused-ring (bicyclic) bond motifs is 1. The number of thiocarbonyl (C=S) groups is 1. The van der Waals surface area contributed by atoms with Crippen LogP contribution < -0.4 is 10.6 Å². The summed E-state index contributed by atoms with van der Waals surface area (Å²) >= 11 is 5.35. The van der Waals surface area contributed by atoms with Gasteiger partial charge in [0.05, 0.1) is 5.69 Å². The van der Waals surface area contributed by atoms with Gasteiger partial charge in [-0.3, -0.25) is 10.1 Å². The van der Waals surface area contributed by atoms with E-state index in [-0.39, 0.29) is 11.0 Å². The maximum atomic E-state index is 12.5. The molecule has 0 aliphatic rings. The molecule has 0 unspecified atom stereocenters. The van der Waals surface area contributed by atoms with Gasteiger partial charge in [-0.25, -0.2) is 0 Å². The molecular formula is C23H21N5OS. The molecule has 0 radical (unpaired) electrons. The SMILES string of the molecule is Cc1ccc(C(=O)NC(=S)Nc2cc3nn(-c4ccccc4)nc3cc2C)cc1C. The van der Waals surface area contributed by atoms with Crippen molar-refractivity contribution in [3.63, 3.8) is 0 Å². The maximum absolute atomic E-state index is 12.5. The fourth-order valence-electron chi connectivity index (χ4n) is 3.09. The van der Waals surface area contributed by atoms with Crippen molar-refractivity contribution in [1.29, 1.82) is 0 Å². The lowest BCUT2D eigenvalue weighted by Gasteiger charge is -2.12. The zero-order valence-corrected chi connectivity index (χ0v) is 17.7. The third kappa shape index (κ3) is 4.06. The highest BCUT2D eigenvalue weighted by molar-refractivity contribution is 7.80. The van der Waals surface area contributed by atoms with E-state index in [4.69, 9.17) is 12.2 Å². The number of anilines is 1. The van der Waals surface area contributed by atoms with Crippen LogP contribution in [0, 0.1) is 20.8 Å². The Hall–Kier alpha value is -3.58. The van der Waals surface area contributed by atoms with Gasteiger partial charge in [0.2, 0.25) is 0 Å². The van der Waals surface area contributed by atoms with Gasteiger partial charge in [-0.15, -0.1) is 10.2 Å². The van der Waals surface area contributed by atoms with Crippen LogP contribution in [0.4, 0.5) is 5.69 Å². The number of para-hydroxylation sites is 1. The molecule has 7 heteroatoms. The lowest BCUT2D eigenvalue weighted by Crippen LogP contribution is -2.34. The Labute approximate surface area is 179 Å². The van der Waals surface area contributed by atoms with Gasteiger partial charge in [0.1, 0.15) is 11.0 Å². The number of carbonyl (C=O) groups is 1. The largest absolute Gasteiger partial charge is 0.332 e. The number of nitrogens with one attached hydrogen (secondary N) is 2. The van der Waals surface area contributed by atoms with Crippen LogP contribution in [0.5, 0.6) is 0 Å². The molecule has 0 spiro atoms. The molecule has 0 saturated carbocycles. The number of carbonyl (C=O) groups excluding carboxylic acids is 1. The van der Waals surface area contributed by atoms with Gasteiger partial charge < -0.3 is 5.32 Å². The summed E-state index contributed by atoms with van der Waals surface area (Å²) in [4.78, 5) is 14.1. The van der Waals surface area contributed by atoms with Crippen LogP contribution in [0.2, 0.25) is 0 Å². The van der Waals surface area contributed by atoms with Crippen LogP contribution in [-0.2, 0) is 0 Å². The second kappa shape index (κ2) is 8.04. The van der Waals surface area contributed by atoms with Crippen molar-refractivity contribution in [1.82, 2.24) is 20.3 Å². The minimum absolute atomic E-state index is 0.233. The number of hydrogen-bond donors (Lipinski definition) is 2. The lowest BCUT2D eigenvalue weighted by molar-refractivity contribution is 0.0977. The molecule has 4 aromatic rings. The monoisotopic (exact) mass is 415 g/mol. The maximum Gasteiger partial charge on any atom is 0.257 e. The number of nitrogens with zero attached hydrogens (tertiary/aromatic N) is 3.